The second-order valence-corrected chi connectivity index (χ2v) is 8.11. The van der Waals surface area contributed by atoms with Crippen molar-refractivity contribution in [3.8, 4) is 6.07 Å². The van der Waals surface area contributed by atoms with Crippen LogP contribution in [0.4, 0.5) is 17.5 Å². The molecule has 0 spiro atoms. The lowest BCUT2D eigenvalue weighted by atomic mass is 9.95. The lowest BCUT2D eigenvalue weighted by molar-refractivity contribution is 0.122. The fourth-order valence-electron chi connectivity index (χ4n) is 4.54. The zero-order valence-corrected chi connectivity index (χ0v) is 17.3. The Balaban J connectivity index is 1.26. The molecule has 156 valence electrons. The highest BCUT2D eigenvalue weighted by molar-refractivity contribution is 5.58. The largest absolute Gasteiger partial charge is 0.378 e. The van der Waals surface area contributed by atoms with Crippen LogP contribution in [-0.4, -0.2) is 67.7 Å². The number of nitrogens with zero attached hydrogens (tertiary/aromatic N) is 7. The highest BCUT2D eigenvalue weighted by Crippen LogP contribution is 2.27. The van der Waals surface area contributed by atoms with Crippen LogP contribution in [0.3, 0.4) is 0 Å². The number of anilines is 3. The van der Waals surface area contributed by atoms with Crippen molar-refractivity contribution in [3.05, 3.63) is 35.0 Å². The molecule has 0 radical (unpaired) electrons. The molecule has 2 aromatic heterocycles. The molecule has 3 aliphatic rings. The molecule has 8 nitrogen and oxygen atoms in total. The van der Waals surface area contributed by atoms with Crippen molar-refractivity contribution in [1.29, 1.82) is 5.26 Å². The Morgan fingerprint density at radius 1 is 0.833 bits per heavy atom. The van der Waals surface area contributed by atoms with Gasteiger partial charge in [0.25, 0.3) is 0 Å². The summed E-state index contributed by atoms with van der Waals surface area (Å²) in [7, 11) is 0. The number of ether oxygens (including phenoxy) is 1. The average Bonchev–Trinajstić information content (AvgIpc) is 2.84. The maximum Gasteiger partial charge on any atom is 0.151 e. The first-order valence-electron chi connectivity index (χ1n) is 10.9. The van der Waals surface area contributed by atoms with E-state index in [1.807, 2.05) is 0 Å². The van der Waals surface area contributed by atoms with E-state index in [1.165, 1.54) is 24.1 Å². The molecule has 0 amide bonds. The third kappa shape index (κ3) is 3.77. The van der Waals surface area contributed by atoms with Crippen LogP contribution in [0.15, 0.2) is 18.2 Å². The Hall–Kier alpha value is -2.92. The molecule has 30 heavy (non-hydrogen) atoms. The second kappa shape index (κ2) is 8.44. The number of morpholine rings is 1. The van der Waals surface area contributed by atoms with Gasteiger partial charge >= 0.3 is 0 Å². The molecule has 5 rings (SSSR count). The number of pyridine rings is 1. The fraction of sp³-hybridized carbons (Fsp3) is 0.545. The van der Waals surface area contributed by atoms with E-state index in [-0.39, 0.29) is 0 Å². The first kappa shape index (κ1) is 19.1. The number of rotatable bonds is 3. The summed E-state index contributed by atoms with van der Waals surface area (Å²) in [5.41, 5.74) is 3.15. The van der Waals surface area contributed by atoms with E-state index in [1.54, 1.807) is 0 Å². The van der Waals surface area contributed by atoms with Crippen LogP contribution in [-0.2, 0) is 17.6 Å². The standard InChI is InChI=1S/C22H27N7O/c23-16-18-15-17-3-1-2-4-19(17)24-22(18)29-9-7-27(8-10-29)20-5-6-21(26-25-20)28-11-13-30-14-12-28/h5-6,15H,1-4,7-14H2. The summed E-state index contributed by atoms with van der Waals surface area (Å²) >= 11 is 0. The smallest absolute Gasteiger partial charge is 0.151 e. The molecule has 0 N–H and O–H groups in total. The van der Waals surface area contributed by atoms with Crippen LogP contribution in [0.2, 0.25) is 0 Å². The Morgan fingerprint density at radius 2 is 1.47 bits per heavy atom. The van der Waals surface area contributed by atoms with Gasteiger partial charge in [0, 0.05) is 45.0 Å². The molecule has 0 saturated carbocycles. The predicted molar refractivity (Wildman–Crippen MR) is 115 cm³/mol. The number of hydrogen-bond acceptors (Lipinski definition) is 8. The summed E-state index contributed by atoms with van der Waals surface area (Å²) in [6.07, 6.45) is 4.46. The minimum absolute atomic E-state index is 0.707. The Bertz CT molecular complexity index is 926. The van der Waals surface area contributed by atoms with Gasteiger partial charge in [-0.05, 0) is 49.4 Å². The van der Waals surface area contributed by atoms with Gasteiger partial charge in [0.1, 0.15) is 11.9 Å². The minimum atomic E-state index is 0.707. The summed E-state index contributed by atoms with van der Waals surface area (Å²) in [5, 5.41) is 18.6. The van der Waals surface area contributed by atoms with Gasteiger partial charge in [-0.15, -0.1) is 10.2 Å². The predicted octanol–water partition coefficient (Wildman–Crippen LogP) is 1.79. The molecule has 0 bridgehead atoms. The lowest BCUT2D eigenvalue weighted by Gasteiger charge is -2.36. The highest BCUT2D eigenvalue weighted by atomic mass is 16.5. The minimum Gasteiger partial charge on any atom is -0.378 e. The SMILES string of the molecule is N#Cc1cc2c(nc1N1CCN(c3ccc(N4CCOCC4)nn3)CC1)CCCC2. The molecular formula is C22H27N7O. The third-order valence-corrected chi connectivity index (χ3v) is 6.28. The third-order valence-electron chi connectivity index (χ3n) is 6.28. The molecule has 8 heteroatoms. The van der Waals surface area contributed by atoms with Gasteiger partial charge in [-0.1, -0.05) is 0 Å². The zero-order valence-electron chi connectivity index (χ0n) is 17.3. The van der Waals surface area contributed by atoms with Gasteiger partial charge in [0.2, 0.25) is 0 Å². The molecule has 2 aliphatic heterocycles. The van der Waals surface area contributed by atoms with Crippen LogP contribution >= 0.6 is 0 Å². The topological polar surface area (TPSA) is 81.4 Å². The Kier molecular flexibility index (Phi) is 5.37. The van der Waals surface area contributed by atoms with Crippen LogP contribution in [0.25, 0.3) is 0 Å². The van der Waals surface area contributed by atoms with Crippen LogP contribution in [0.5, 0.6) is 0 Å². The van der Waals surface area contributed by atoms with E-state index in [4.69, 9.17) is 9.72 Å². The van der Waals surface area contributed by atoms with Crippen molar-refractivity contribution in [2.24, 2.45) is 0 Å². The molecule has 2 fully saturated rings. The molecule has 0 aromatic carbocycles. The summed E-state index contributed by atoms with van der Waals surface area (Å²) in [6.45, 7) is 6.55. The van der Waals surface area contributed by atoms with Gasteiger partial charge in [-0.25, -0.2) is 4.98 Å². The summed E-state index contributed by atoms with van der Waals surface area (Å²) < 4.78 is 5.41. The van der Waals surface area contributed by atoms with Crippen molar-refractivity contribution in [1.82, 2.24) is 15.2 Å². The van der Waals surface area contributed by atoms with Crippen molar-refractivity contribution >= 4 is 17.5 Å². The van der Waals surface area contributed by atoms with Crippen molar-refractivity contribution in [2.45, 2.75) is 25.7 Å². The number of aromatic nitrogens is 3. The quantitative estimate of drug-likeness (QED) is 0.765. The molecule has 1 aliphatic carbocycles. The van der Waals surface area contributed by atoms with Gasteiger partial charge in [0.15, 0.2) is 11.6 Å². The van der Waals surface area contributed by atoms with E-state index in [0.29, 0.717) is 5.56 Å². The number of nitriles is 1. The van der Waals surface area contributed by atoms with Gasteiger partial charge in [-0.2, -0.15) is 5.26 Å². The zero-order chi connectivity index (χ0) is 20.3. The Morgan fingerprint density at radius 3 is 2.13 bits per heavy atom. The molecule has 0 atom stereocenters. The second-order valence-electron chi connectivity index (χ2n) is 8.11. The molecular weight excluding hydrogens is 378 g/mol. The molecule has 2 saturated heterocycles. The lowest BCUT2D eigenvalue weighted by Crippen LogP contribution is -2.47. The van der Waals surface area contributed by atoms with E-state index >= 15 is 0 Å². The summed E-state index contributed by atoms with van der Waals surface area (Å²) in [4.78, 5) is 11.6. The van der Waals surface area contributed by atoms with Crippen molar-refractivity contribution in [3.63, 3.8) is 0 Å². The first-order valence-corrected chi connectivity index (χ1v) is 10.9. The van der Waals surface area contributed by atoms with E-state index in [2.05, 4.69) is 49.2 Å². The maximum atomic E-state index is 9.66. The molecule has 0 unspecified atom stereocenters. The molecule has 2 aromatic rings. The summed E-state index contributed by atoms with van der Waals surface area (Å²) in [5.74, 6) is 2.68. The maximum absolute atomic E-state index is 9.66. The first-order chi connectivity index (χ1) is 14.8. The van der Waals surface area contributed by atoms with Gasteiger partial charge < -0.3 is 19.4 Å². The van der Waals surface area contributed by atoms with Crippen LogP contribution in [0, 0.1) is 11.3 Å². The van der Waals surface area contributed by atoms with E-state index in [9.17, 15) is 5.26 Å². The normalized spacial score (nSPS) is 19.4. The number of hydrogen-bond donors (Lipinski definition) is 0. The van der Waals surface area contributed by atoms with Gasteiger partial charge in [0.05, 0.1) is 18.8 Å². The van der Waals surface area contributed by atoms with Crippen LogP contribution in [0.1, 0.15) is 29.7 Å². The average molecular weight is 406 g/mol. The van der Waals surface area contributed by atoms with E-state index in [0.717, 1.165) is 82.8 Å². The number of piperazine rings is 1. The number of fused-ring (bicyclic) bond motifs is 1. The van der Waals surface area contributed by atoms with E-state index < -0.39 is 0 Å². The summed E-state index contributed by atoms with van der Waals surface area (Å²) in [6, 6.07) is 8.55. The van der Waals surface area contributed by atoms with Crippen LogP contribution < -0.4 is 14.7 Å². The van der Waals surface area contributed by atoms with Crippen molar-refractivity contribution < 1.29 is 4.74 Å². The van der Waals surface area contributed by atoms with Gasteiger partial charge in [-0.3, -0.25) is 0 Å². The molecule has 4 heterocycles. The highest BCUT2D eigenvalue weighted by Gasteiger charge is 2.24. The Labute approximate surface area is 177 Å². The fourth-order valence-corrected chi connectivity index (χ4v) is 4.54. The number of aryl methyl sites for hydroxylation is 2. The van der Waals surface area contributed by atoms with Crippen molar-refractivity contribution in [2.75, 3.05) is 67.2 Å². The monoisotopic (exact) mass is 405 g/mol.